The molecule has 130 valence electrons. The lowest BCUT2D eigenvalue weighted by molar-refractivity contribution is 0.338. The van der Waals surface area contributed by atoms with Gasteiger partial charge in [-0.25, -0.2) is 0 Å². The minimum absolute atomic E-state index is 0.600. The van der Waals surface area contributed by atoms with Crippen molar-refractivity contribution < 1.29 is 9.47 Å². The number of nitrogens with zero attached hydrogens (tertiary/aromatic N) is 1. The number of nitrogens with one attached hydrogen (secondary N) is 1. The molecule has 3 aliphatic rings. The molecule has 1 aromatic rings. The highest BCUT2D eigenvalue weighted by molar-refractivity contribution is 7.80. The zero-order valence-electron chi connectivity index (χ0n) is 14.5. The maximum absolute atomic E-state index is 5.72. The van der Waals surface area contributed by atoms with Crippen molar-refractivity contribution in [2.24, 2.45) is 11.8 Å². The predicted octanol–water partition coefficient (Wildman–Crippen LogP) is 3.13. The fourth-order valence-electron chi connectivity index (χ4n) is 4.73. The van der Waals surface area contributed by atoms with Crippen LogP contribution in [0.4, 0.5) is 0 Å². The molecule has 2 bridgehead atoms. The van der Waals surface area contributed by atoms with Gasteiger partial charge in [0.05, 0.1) is 14.2 Å². The summed E-state index contributed by atoms with van der Waals surface area (Å²) in [6, 6.07) is 4.81. The highest BCUT2D eigenvalue weighted by Crippen LogP contribution is 2.44. The molecule has 2 aliphatic carbocycles. The average molecular weight is 346 g/mol. The van der Waals surface area contributed by atoms with Gasteiger partial charge >= 0.3 is 0 Å². The van der Waals surface area contributed by atoms with Gasteiger partial charge in [-0.2, -0.15) is 0 Å². The second kappa shape index (κ2) is 6.43. The van der Waals surface area contributed by atoms with Gasteiger partial charge in [0.1, 0.15) is 0 Å². The van der Waals surface area contributed by atoms with Crippen molar-refractivity contribution in [2.45, 2.75) is 44.7 Å². The summed E-state index contributed by atoms with van der Waals surface area (Å²) in [4.78, 5) is 2.30. The van der Waals surface area contributed by atoms with E-state index in [0.29, 0.717) is 6.04 Å². The molecule has 0 unspecified atom stereocenters. The first kappa shape index (κ1) is 16.0. The molecule has 1 aliphatic heterocycles. The monoisotopic (exact) mass is 346 g/mol. The highest BCUT2D eigenvalue weighted by atomic mass is 32.1. The van der Waals surface area contributed by atoms with Gasteiger partial charge < -0.3 is 19.7 Å². The summed E-state index contributed by atoms with van der Waals surface area (Å²) >= 11 is 5.72. The first-order valence-corrected chi connectivity index (χ1v) is 9.38. The Hall–Kier alpha value is -1.49. The quantitative estimate of drug-likeness (QED) is 0.851. The highest BCUT2D eigenvalue weighted by Gasteiger charge is 2.40. The number of benzene rings is 1. The third-order valence-electron chi connectivity index (χ3n) is 6.05. The van der Waals surface area contributed by atoms with Crippen LogP contribution in [0.3, 0.4) is 0 Å². The van der Waals surface area contributed by atoms with Crippen LogP contribution >= 0.6 is 12.2 Å². The normalized spacial score (nSPS) is 27.8. The fourth-order valence-corrected chi connectivity index (χ4v) is 5.04. The molecule has 4 rings (SSSR count). The maximum atomic E-state index is 5.72. The first-order valence-electron chi connectivity index (χ1n) is 8.97. The second-order valence-corrected chi connectivity index (χ2v) is 7.76. The molecule has 0 amide bonds. The SMILES string of the molecule is COc1cc2c(cc1OC)CN(C(=S)N[C@@H]1C[C@@H]3CC[C@@H]1C3)CC2. The van der Waals surface area contributed by atoms with E-state index in [9.17, 15) is 0 Å². The van der Waals surface area contributed by atoms with Crippen molar-refractivity contribution in [1.82, 2.24) is 10.2 Å². The lowest BCUT2D eigenvalue weighted by atomic mass is 9.95. The van der Waals surface area contributed by atoms with Gasteiger partial charge in [-0.05, 0) is 73.0 Å². The molecule has 1 heterocycles. The summed E-state index contributed by atoms with van der Waals surface area (Å²) in [5, 5.41) is 4.59. The molecule has 1 aromatic carbocycles. The van der Waals surface area contributed by atoms with E-state index in [4.69, 9.17) is 21.7 Å². The Kier molecular flexibility index (Phi) is 4.29. The standard InChI is InChI=1S/C19H26N2O2S/c1-22-17-9-13-5-6-21(11-15(13)10-18(17)23-2)19(24)20-16-8-12-3-4-14(16)7-12/h9-10,12,14,16H,3-8,11H2,1-2H3,(H,20,24)/t12-,14-,16-/m1/s1. The van der Waals surface area contributed by atoms with Crippen LogP contribution in [0.5, 0.6) is 11.5 Å². The third-order valence-corrected chi connectivity index (χ3v) is 6.43. The number of fused-ring (bicyclic) bond motifs is 3. The van der Waals surface area contributed by atoms with Crippen molar-refractivity contribution in [2.75, 3.05) is 20.8 Å². The summed E-state index contributed by atoms with van der Waals surface area (Å²) in [7, 11) is 3.37. The van der Waals surface area contributed by atoms with Crippen molar-refractivity contribution >= 4 is 17.3 Å². The van der Waals surface area contributed by atoms with Crippen molar-refractivity contribution in [1.29, 1.82) is 0 Å². The zero-order valence-corrected chi connectivity index (χ0v) is 15.3. The number of rotatable bonds is 3. The van der Waals surface area contributed by atoms with Crippen LogP contribution < -0.4 is 14.8 Å². The molecule has 0 saturated heterocycles. The van der Waals surface area contributed by atoms with Gasteiger partial charge in [0.25, 0.3) is 0 Å². The van der Waals surface area contributed by atoms with E-state index in [1.807, 2.05) is 0 Å². The van der Waals surface area contributed by atoms with Crippen LogP contribution in [0.25, 0.3) is 0 Å². The lowest BCUT2D eigenvalue weighted by Crippen LogP contribution is -2.48. The molecule has 1 N–H and O–H groups in total. The number of hydrogen-bond donors (Lipinski definition) is 1. The van der Waals surface area contributed by atoms with E-state index in [1.54, 1.807) is 14.2 Å². The van der Waals surface area contributed by atoms with E-state index < -0.39 is 0 Å². The van der Waals surface area contributed by atoms with E-state index in [-0.39, 0.29) is 0 Å². The molecule has 0 radical (unpaired) electrons. The van der Waals surface area contributed by atoms with Crippen LogP contribution in [0.1, 0.15) is 36.8 Å². The number of ether oxygens (including phenoxy) is 2. The van der Waals surface area contributed by atoms with Crippen LogP contribution in [-0.2, 0) is 13.0 Å². The Balaban J connectivity index is 1.44. The number of methoxy groups -OCH3 is 2. The van der Waals surface area contributed by atoms with Crippen LogP contribution in [0, 0.1) is 11.8 Å². The van der Waals surface area contributed by atoms with Crippen molar-refractivity contribution in [3.8, 4) is 11.5 Å². The molecule has 2 saturated carbocycles. The second-order valence-electron chi connectivity index (χ2n) is 7.38. The maximum Gasteiger partial charge on any atom is 0.169 e. The minimum atomic E-state index is 0.600. The molecule has 4 nitrogen and oxygen atoms in total. The van der Waals surface area contributed by atoms with Gasteiger partial charge in [0.15, 0.2) is 16.6 Å². The molecule has 0 spiro atoms. The smallest absolute Gasteiger partial charge is 0.169 e. The summed E-state index contributed by atoms with van der Waals surface area (Å²) in [6.45, 7) is 1.82. The zero-order chi connectivity index (χ0) is 16.7. The van der Waals surface area contributed by atoms with E-state index >= 15 is 0 Å². The summed E-state index contributed by atoms with van der Waals surface area (Å²) < 4.78 is 10.9. The molecule has 24 heavy (non-hydrogen) atoms. The van der Waals surface area contributed by atoms with Crippen molar-refractivity contribution in [3.05, 3.63) is 23.3 Å². The van der Waals surface area contributed by atoms with E-state index in [0.717, 1.165) is 48.0 Å². The fraction of sp³-hybridized carbons (Fsp3) is 0.632. The molecular weight excluding hydrogens is 320 g/mol. The average Bonchev–Trinajstić information content (AvgIpc) is 3.22. The lowest BCUT2D eigenvalue weighted by Gasteiger charge is -2.34. The van der Waals surface area contributed by atoms with Gasteiger partial charge in [0.2, 0.25) is 0 Å². The minimum Gasteiger partial charge on any atom is -0.493 e. The Labute approximate surface area is 149 Å². The topological polar surface area (TPSA) is 33.7 Å². The number of hydrogen-bond acceptors (Lipinski definition) is 3. The molecular formula is C19H26N2O2S. The molecule has 3 atom stereocenters. The van der Waals surface area contributed by atoms with Crippen LogP contribution in [-0.4, -0.2) is 36.8 Å². The van der Waals surface area contributed by atoms with Crippen LogP contribution in [0.15, 0.2) is 12.1 Å². The largest absolute Gasteiger partial charge is 0.493 e. The van der Waals surface area contributed by atoms with Gasteiger partial charge in [-0.3, -0.25) is 0 Å². The molecule has 2 fully saturated rings. The van der Waals surface area contributed by atoms with Crippen molar-refractivity contribution in [3.63, 3.8) is 0 Å². The number of thiocarbonyl (C=S) groups is 1. The third kappa shape index (κ3) is 2.83. The van der Waals surface area contributed by atoms with E-state index in [1.165, 1.54) is 36.8 Å². The predicted molar refractivity (Wildman–Crippen MR) is 98.6 cm³/mol. The Bertz CT molecular complexity index is 648. The molecule has 0 aromatic heterocycles. The van der Waals surface area contributed by atoms with Crippen LogP contribution in [0.2, 0.25) is 0 Å². The first-order chi connectivity index (χ1) is 11.7. The van der Waals surface area contributed by atoms with E-state index in [2.05, 4.69) is 22.3 Å². The summed E-state index contributed by atoms with van der Waals surface area (Å²) in [5.41, 5.74) is 2.63. The van der Waals surface area contributed by atoms with Gasteiger partial charge in [-0.15, -0.1) is 0 Å². The summed E-state index contributed by atoms with van der Waals surface area (Å²) in [5.74, 6) is 3.39. The Morgan fingerprint density at radius 3 is 2.50 bits per heavy atom. The Morgan fingerprint density at radius 2 is 1.88 bits per heavy atom. The summed E-state index contributed by atoms with van der Waals surface area (Å²) in [6.07, 6.45) is 6.51. The molecule has 5 heteroatoms. The Morgan fingerprint density at radius 1 is 1.12 bits per heavy atom. The van der Waals surface area contributed by atoms with Gasteiger partial charge in [-0.1, -0.05) is 6.42 Å². The van der Waals surface area contributed by atoms with Gasteiger partial charge in [0, 0.05) is 19.1 Å².